The molecule has 3 rings (SSSR count). The summed E-state index contributed by atoms with van der Waals surface area (Å²) in [6.45, 7) is 4.76. The summed E-state index contributed by atoms with van der Waals surface area (Å²) in [4.78, 5) is 25.5. The number of ketones is 1. The first-order chi connectivity index (χ1) is 15.6. The summed E-state index contributed by atoms with van der Waals surface area (Å²) in [5.74, 6) is 0.863. The molecule has 0 saturated heterocycles. The number of hydrogen-bond donors (Lipinski definition) is 1. The van der Waals surface area contributed by atoms with Crippen LogP contribution in [0.15, 0.2) is 78.9 Å². The molecule has 0 atom stereocenters. The van der Waals surface area contributed by atoms with Gasteiger partial charge in [-0.05, 0) is 43.2 Å². The Morgan fingerprint density at radius 2 is 1.31 bits per heavy atom. The Balaban J connectivity index is 1.66. The van der Waals surface area contributed by atoms with Crippen molar-refractivity contribution >= 4 is 11.7 Å². The fourth-order valence-corrected chi connectivity index (χ4v) is 3.48. The molecule has 3 aromatic rings. The van der Waals surface area contributed by atoms with E-state index in [9.17, 15) is 9.59 Å². The molecular weight excluding hydrogens is 402 g/mol. The Labute approximate surface area is 189 Å². The zero-order valence-corrected chi connectivity index (χ0v) is 18.5. The van der Waals surface area contributed by atoms with E-state index in [1.54, 1.807) is 18.2 Å². The van der Waals surface area contributed by atoms with Crippen LogP contribution >= 0.6 is 0 Å². The average molecular weight is 432 g/mol. The molecule has 0 spiro atoms. The number of benzene rings is 3. The van der Waals surface area contributed by atoms with Crippen molar-refractivity contribution < 1.29 is 19.1 Å². The van der Waals surface area contributed by atoms with Crippen LogP contribution in [0.2, 0.25) is 0 Å². The third-order valence-corrected chi connectivity index (χ3v) is 5.02. The Hall–Kier alpha value is -3.60. The summed E-state index contributed by atoms with van der Waals surface area (Å²) >= 11 is 0. The van der Waals surface area contributed by atoms with Gasteiger partial charge in [-0.2, -0.15) is 0 Å². The number of nitrogens with one attached hydrogen (secondary N) is 1. The quantitative estimate of drug-likeness (QED) is 0.416. The van der Waals surface area contributed by atoms with Gasteiger partial charge in [0.25, 0.3) is 0 Å². The van der Waals surface area contributed by atoms with Crippen LogP contribution in [-0.2, 0) is 4.79 Å². The minimum atomic E-state index is -0.268. The van der Waals surface area contributed by atoms with Crippen LogP contribution in [0.3, 0.4) is 0 Å². The number of hydrogen-bond acceptors (Lipinski definition) is 4. The summed E-state index contributed by atoms with van der Waals surface area (Å²) in [5, 5.41) is 3.08. The van der Waals surface area contributed by atoms with Crippen LogP contribution in [0.4, 0.5) is 0 Å². The normalized spacial score (nSPS) is 10.6. The topological polar surface area (TPSA) is 64.6 Å². The lowest BCUT2D eigenvalue weighted by Gasteiger charge is -2.20. The number of rotatable bonds is 11. The molecule has 0 bridgehead atoms. The highest BCUT2D eigenvalue weighted by molar-refractivity contribution is 5.98. The zero-order valence-electron chi connectivity index (χ0n) is 18.5. The third kappa shape index (κ3) is 6.20. The molecule has 0 aromatic heterocycles. The van der Waals surface area contributed by atoms with E-state index in [0.717, 1.165) is 11.1 Å². The molecule has 0 aliphatic carbocycles. The van der Waals surface area contributed by atoms with Crippen LogP contribution in [0.1, 0.15) is 54.2 Å². The van der Waals surface area contributed by atoms with Gasteiger partial charge in [-0.3, -0.25) is 9.59 Å². The van der Waals surface area contributed by atoms with Crippen molar-refractivity contribution in [2.24, 2.45) is 0 Å². The lowest BCUT2D eigenvalue weighted by atomic mass is 9.98. The lowest BCUT2D eigenvalue weighted by molar-refractivity contribution is -0.121. The number of Topliss-reactive ketones (excluding diaryl/α,β-unsaturated/α-hetero) is 1. The Morgan fingerprint density at radius 3 is 1.88 bits per heavy atom. The van der Waals surface area contributed by atoms with E-state index in [4.69, 9.17) is 9.47 Å². The molecule has 0 saturated carbocycles. The molecule has 1 amide bonds. The van der Waals surface area contributed by atoms with Gasteiger partial charge in [0.05, 0.1) is 19.3 Å². The Morgan fingerprint density at radius 1 is 0.750 bits per heavy atom. The highest BCUT2D eigenvalue weighted by atomic mass is 16.5. The van der Waals surface area contributed by atoms with Gasteiger partial charge in [0.2, 0.25) is 5.91 Å². The van der Waals surface area contributed by atoms with Gasteiger partial charge in [-0.1, -0.05) is 60.7 Å². The second-order valence-electron chi connectivity index (χ2n) is 7.27. The number of amides is 1. The number of ether oxygens (including phenoxy) is 2. The molecular formula is C27H29NO4. The first kappa shape index (κ1) is 23.1. The number of carbonyl (C=O) groups is 2. The van der Waals surface area contributed by atoms with Crippen molar-refractivity contribution in [1.82, 2.24) is 5.32 Å². The van der Waals surface area contributed by atoms with Crippen LogP contribution in [-0.4, -0.2) is 24.9 Å². The van der Waals surface area contributed by atoms with Crippen molar-refractivity contribution in [2.45, 2.75) is 32.7 Å². The minimum absolute atomic E-state index is 0.103. The first-order valence-corrected chi connectivity index (χ1v) is 10.9. The standard InChI is InChI=1S/C27H29NO4/c1-3-31-24-17-15-22(19-25(24)32-4-2)23(29)16-18-26(30)28-27(20-11-7-5-8-12-20)21-13-9-6-10-14-21/h5-15,17,19,27H,3-4,16,18H2,1-2H3,(H,28,30). The van der Waals surface area contributed by atoms with Crippen molar-refractivity contribution in [3.63, 3.8) is 0 Å². The molecule has 0 fully saturated rings. The molecule has 5 nitrogen and oxygen atoms in total. The average Bonchev–Trinajstić information content (AvgIpc) is 2.83. The largest absolute Gasteiger partial charge is 0.490 e. The lowest BCUT2D eigenvalue weighted by Crippen LogP contribution is -2.29. The van der Waals surface area contributed by atoms with E-state index in [-0.39, 0.29) is 30.6 Å². The first-order valence-electron chi connectivity index (χ1n) is 10.9. The molecule has 32 heavy (non-hydrogen) atoms. The third-order valence-electron chi connectivity index (χ3n) is 5.02. The summed E-state index contributed by atoms with van der Waals surface area (Å²) in [6.07, 6.45) is 0.216. The van der Waals surface area contributed by atoms with Crippen LogP contribution in [0, 0.1) is 0 Å². The summed E-state index contributed by atoms with van der Waals surface area (Å²) < 4.78 is 11.1. The van der Waals surface area contributed by atoms with Crippen LogP contribution < -0.4 is 14.8 Å². The summed E-state index contributed by atoms with van der Waals surface area (Å²) in [6, 6.07) is 24.5. The molecule has 0 radical (unpaired) electrons. The van der Waals surface area contributed by atoms with E-state index < -0.39 is 0 Å². The van der Waals surface area contributed by atoms with E-state index in [2.05, 4.69) is 5.32 Å². The minimum Gasteiger partial charge on any atom is -0.490 e. The zero-order chi connectivity index (χ0) is 22.8. The van der Waals surface area contributed by atoms with E-state index in [0.29, 0.717) is 30.3 Å². The van der Waals surface area contributed by atoms with Crippen molar-refractivity contribution in [2.75, 3.05) is 13.2 Å². The Kier molecular flexibility index (Phi) is 8.44. The molecule has 0 unspecified atom stereocenters. The fraction of sp³-hybridized carbons (Fsp3) is 0.259. The molecule has 3 aromatic carbocycles. The predicted octanol–water partition coefficient (Wildman–Crippen LogP) is 5.35. The maximum absolute atomic E-state index is 12.7. The van der Waals surface area contributed by atoms with E-state index in [1.165, 1.54) is 0 Å². The maximum atomic E-state index is 12.7. The van der Waals surface area contributed by atoms with Gasteiger partial charge in [-0.25, -0.2) is 0 Å². The Bertz CT molecular complexity index is 979. The molecule has 0 aliphatic rings. The van der Waals surface area contributed by atoms with Gasteiger partial charge in [0.15, 0.2) is 17.3 Å². The van der Waals surface area contributed by atoms with Crippen molar-refractivity contribution in [3.8, 4) is 11.5 Å². The molecule has 1 N–H and O–H groups in total. The smallest absolute Gasteiger partial charge is 0.221 e. The molecule has 0 aliphatic heterocycles. The van der Waals surface area contributed by atoms with Crippen molar-refractivity contribution in [3.05, 3.63) is 95.6 Å². The van der Waals surface area contributed by atoms with Gasteiger partial charge in [-0.15, -0.1) is 0 Å². The second kappa shape index (κ2) is 11.7. The summed E-state index contributed by atoms with van der Waals surface area (Å²) in [5.41, 5.74) is 2.49. The SMILES string of the molecule is CCOc1ccc(C(=O)CCC(=O)NC(c2ccccc2)c2ccccc2)cc1OCC. The van der Waals surface area contributed by atoms with Crippen LogP contribution in [0.5, 0.6) is 11.5 Å². The predicted molar refractivity (Wildman–Crippen MR) is 125 cm³/mol. The molecule has 166 valence electrons. The van der Waals surface area contributed by atoms with Gasteiger partial charge < -0.3 is 14.8 Å². The van der Waals surface area contributed by atoms with Gasteiger partial charge in [0, 0.05) is 18.4 Å². The maximum Gasteiger partial charge on any atom is 0.221 e. The van der Waals surface area contributed by atoms with E-state index >= 15 is 0 Å². The molecule has 0 heterocycles. The number of carbonyl (C=O) groups excluding carboxylic acids is 2. The molecule has 5 heteroatoms. The highest BCUT2D eigenvalue weighted by Gasteiger charge is 2.18. The van der Waals surface area contributed by atoms with Gasteiger partial charge >= 0.3 is 0 Å². The second-order valence-corrected chi connectivity index (χ2v) is 7.27. The monoisotopic (exact) mass is 431 g/mol. The van der Waals surface area contributed by atoms with Crippen LogP contribution in [0.25, 0.3) is 0 Å². The van der Waals surface area contributed by atoms with Gasteiger partial charge in [0.1, 0.15) is 0 Å². The highest BCUT2D eigenvalue weighted by Crippen LogP contribution is 2.29. The summed E-state index contributed by atoms with van der Waals surface area (Å²) in [7, 11) is 0. The fourth-order valence-electron chi connectivity index (χ4n) is 3.48. The van der Waals surface area contributed by atoms with Crippen molar-refractivity contribution in [1.29, 1.82) is 0 Å². The van der Waals surface area contributed by atoms with E-state index in [1.807, 2.05) is 74.5 Å².